The number of aryl methyl sites for hydroxylation is 1. The maximum Gasteiger partial charge on any atom is 0.308 e. The van der Waals surface area contributed by atoms with Crippen LogP contribution in [0.25, 0.3) is 0 Å². The van der Waals surface area contributed by atoms with Crippen LogP contribution in [0.1, 0.15) is 12.5 Å². The van der Waals surface area contributed by atoms with Gasteiger partial charge in [0.2, 0.25) is 0 Å². The molecule has 0 fully saturated rings. The Morgan fingerprint density at radius 2 is 2.17 bits per heavy atom. The molecule has 0 spiro atoms. The maximum atomic E-state index is 12.6. The molecule has 0 aliphatic rings. The summed E-state index contributed by atoms with van der Waals surface area (Å²) in [5.41, 5.74) is 0.742. The lowest BCUT2D eigenvalue weighted by Gasteiger charge is -2.03. The molecule has 0 heterocycles. The molecule has 3 heteroatoms. The van der Waals surface area contributed by atoms with Crippen molar-refractivity contribution in [3.05, 3.63) is 29.6 Å². The van der Waals surface area contributed by atoms with Gasteiger partial charge in [0.15, 0.2) is 0 Å². The van der Waals surface area contributed by atoms with Gasteiger partial charge in [-0.2, -0.15) is 0 Å². The number of esters is 1. The van der Waals surface area contributed by atoms with Crippen molar-refractivity contribution in [1.82, 2.24) is 0 Å². The SMILES string of the molecule is CC(=O)Oc1cc(F)ccc1C. The van der Waals surface area contributed by atoms with E-state index in [-0.39, 0.29) is 5.75 Å². The van der Waals surface area contributed by atoms with E-state index in [1.807, 2.05) is 0 Å². The highest BCUT2D eigenvalue weighted by Gasteiger charge is 2.03. The Balaban J connectivity index is 2.97. The first-order valence-corrected chi connectivity index (χ1v) is 3.54. The minimum atomic E-state index is -0.441. The average molecular weight is 168 g/mol. The Hall–Kier alpha value is -1.38. The van der Waals surface area contributed by atoms with E-state index in [1.165, 1.54) is 19.1 Å². The zero-order valence-corrected chi connectivity index (χ0v) is 6.93. The van der Waals surface area contributed by atoms with Gasteiger partial charge >= 0.3 is 5.97 Å². The first-order valence-electron chi connectivity index (χ1n) is 3.54. The minimum absolute atomic E-state index is 0.280. The molecule has 0 unspecified atom stereocenters. The van der Waals surface area contributed by atoms with Crippen LogP contribution in [-0.4, -0.2) is 5.97 Å². The summed E-state index contributed by atoms with van der Waals surface area (Å²) in [5.74, 6) is -0.567. The van der Waals surface area contributed by atoms with Gasteiger partial charge in [0.1, 0.15) is 11.6 Å². The van der Waals surface area contributed by atoms with E-state index >= 15 is 0 Å². The van der Waals surface area contributed by atoms with Crippen LogP contribution in [0.4, 0.5) is 4.39 Å². The number of benzene rings is 1. The van der Waals surface area contributed by atoms with Crippen molar-refractivity contribution in [1.29, 1.82) is 0 Å². The molecule has 0 N–H and O–H groups in total. The van der Waals surface area contributed by atoms with Gasteiger partial charge in [0.05, 0.1) is 0 Å². The van der Waals surface area contributed by atoms with Crippen molar-refractivity contribution in [3.63, 3.8) is 0 Å². The van der Waals surface area contributed by atoms with Gasteiger partial charge in [-0.15, -0.1) is 0 Å². The van der Waals surface area contributed by atoms with E-state index in [0.29, 0.717) is 0 Å². The predicted molar refractivity (Wildman–Crippen MR) is 42.4 cm³/mol. The summed E-state index contributed by atoms with van der Waals surface area (Å²) in [6.07, 6.45) is 0. The van der Waals surface area contributed by atoms with Gasteiger partial charge in [-0.1, -0.05) is 6.07 Å². The zero-order valence-electron chi connectivity index (χ0n) is 6.93. The summed E-state index contributed by atoms with van der Waals surface area (Å²) in [6, 6.07) is 4.08. The lowest BCUT2D eigenvalue weighted by Crippen LogP contribution is -2.02. The number of hydrogen-bond donors (Lipinski definition) is 0. The van der Waals surface area contributed by atoms with Gasteiger partial charge in [0.25, 0.3) is 0 Å². The second-order valence-corrected chi connectivity index (χ2v) is 2.50. The molecule has 0 saturated carbocycles. The van der Waals surface area contributed by atoms with Gasteiger partial charge in [-0.05, 0) is 18.6 Å². The summed E-state index contributed by atoms with van der Waals surface area (Å²) in [5, 5.41) is 0. The Bertz CT molecular complexity index is 307. The van der Waals surface area contributed by atoms with Crippen molar-refractivity contribution >= 4 is 5.97 Å². The highest BCUT2D eigenvalue weighted by molar-refractivity contribution is 5.69. The fourth-order valence-electron chi connectivity index (χ4n) is 0.839. The molecule has 0 saturated heterocycles. The standard InChI is InChI=1S/C9H9FO2/c1-6-3-4-8(10)5-9(6)12-7(2)11/h3-5H,1-2H3. The number of hydrogen-bond acceptors (Lipinski definition) is 2. The summed E-state index contributed by atoms with van der Waals surface area (Å²) >= 11 is 0. The molecule has 0 atom stereocenters. The summed E-state index contributed by atoms with van der Waals surface area (Å²) in [6.45, 7) is 3.03. The van der Waals surface area contributed by atoms with Gasteiger partial charge < -0.3 is 4.74 Å². The van der Waals surface area contributed by atoms with Crippen molar-refractivity contribution in [2.24, 2.45) is 0 Å². The number of rotatable bonds is 1. The summed E-state index contributed by atoms with van der Waals surface area (Å²) in [7, 11) is 0. The molecule has 64 valence electrons. The molecule has 1 aromatic carbocycles. The van der Waals surface area contributed by atoms with Crippen molar-refractivity contribution < 1.29 is 13.9 Å². The number of carbonyl (C=O) groups excluding carboxylic acids is 1. The normalized spacial score (nSPS) is 9.58. The van der Waals surface area contributed by atoms with Crippen LogP contribution in [0.2, 0.25) is 0 Å². The molecule has 0 aromatic heterocycles. The third-order valence-electron chi connectivity index (χ3n) is 1.40. The van der Waals surface area contributed by atoms with Crippen LogP contribution in [0.15, 0.2) is 18.2 Å². The van der Waals surface area contributed by atoms with Crippen LogP contribution < -0.4 is 4.74 Å². The second kappa shape index (κ2) is 3.34. The maximum absolute atomic E-state index is 12.6. The quantitative estimate of drug-likeness (QED) is 0.474. The molecular weight excluding hydrogens is 159 g/mol. The fraction of sp³-hybridized carbons (Fsp3) is 0.222. The highest BCUT2D eigenvalue weighted by atomic mass is 19.1. The topological polar surface area (TPSA) is 26.3 Å². The highest BCUT2D eigenvalue weighted by Crippen LogP contribution is 2.18. The van der Waals surface area contributed by atoms with Crippen LogP contribution in [-0.2, 0) is 4.79 Å². The molecule has 1 aromatic rings. The molecule has 1 rings (SSSR count). The lowest BCUT2D eigenvalue weighted by atomic mass is 10.2. The smallest absolute Gasteiger partial charge is 0.308 e. The van der Waals surface area contributed by atoms with Crippen LogP contribution in [0, 0.1) is 12.7 Å². The lowest BCUT2D eigenvalue weighted by molar-refractivity contribution is -0.131. The van der Waals surface area contributed by atoms with Gasteiger partial charge in [0, 0.05) is 13.0 Å². The summed E-state index contributed by atoms with van der Waals surface area (Å²) < 4.78 is 17.4. The molecule has 0 aliphatic heterocycles. The number of carbonyl (C=O) groups is 1. The minimum Gasteiger partial charge on any atom is -0.426 e. The van der Waals surface area contributed by atoms with E-state index in [0.717, 1.165) is 5.56 Å². The van der Waals surface area contributed by atoms with Gasteiger partial charge in [-0.3, -0.25) is 4.79 Å². The molecule has 2 nitrogen and oxygen atoms in total. The fourth-order valence-corrected chi connectivity index (χ4v) is 0.839. The van der Waals surface area contributed by atoms with Crippen molar-refractivity contribution in [3.8, 4) is 5.75 Å². The molecule has 0 bridgehead atoms. The van der Waals surface area contributed by atoms with Crippen molar-refractivity contribution in [2.75, 3.05) is 0 Å². The Labute approximate surface area is 70.0 Å². The Morgan fingerprint density at radius 1 is 1.50 bits per heavy atom. The predicted octanol–water partition coefficient (Wildman–Crippen LogP) is 2.06. The van der Waals surface area contributed by atoms with Crippen molar-refractivity contribution in [2.45, 2.75) is 13.8 Å². The zero-order chi connectivity index (χ0) is 9.14. The van der Waals surface area contributed by atoms with Crippen LogP contribution >= 0.6 is 0 Å². The van der Waals surface area contributed by atoms with E-state index < -0.39 is 11.8 Å². The molecular formula is C9H9FO2. The first kappa shape index (κ1) is 8.71. The Kier molecular flexibility index (Phi) is 2.43. The molecule has 0 radical (unpaired) electrons. The first-order chi connectivity index (χ1) is 5.59. The van der Waals surface area contributed by atoms with E-state index in [9.17, 15) is 9.18 Å². The number of ether oxygens (including phenoxy) is 1. The monoisotopic (exact) mass is 168 g/mol. The Morgan fingerprint density at radius 3 is 2.75 bits per heavy atom. The van der Waals surface area contributed by atoms with E-state index in [2.05, 4.69) is 0 Å². The third-order valence-corrected chi connectivity index (χ3v) is 1.40. The second-order valence-electron chi connectivity index (χ2n) is 2.50. The van der Waals surface area contributed by atoms with Gasteiger partial charge in [-0.25, -0.2) is 4.39 Å². The van der Waals surface area contributed by atoms with Crippen LogP contribution in [0.5, 0.6) is 5.75 Å². The van der Waals surface area contributed by atoms with Crippen LogP contribution in [0.3, 0.4) is 0 Å². The number of halogens is 1. The molecule has 0 aliphatic carbocycles. The largest absolute Gasteiger partial charge is 0.426 e. The van der Waals surface area contributed by atoms with E-state index in [1.54, 1.807) is 13.0 Å². The molecule has 12 heavy (non-hydrogen) atoms. The average Bonchev–Trinajstić information content (AvgIpc) is 1.96. The molecule has 0 amide bonds. The third kappa shape index (κ3) is 2.05. The van der Waals surface area contributed by atoms with E-state index in [4.69, 9.17) is 4.74 Å². The summed E-state index contributed by atoms with van der Waals surface area (Å²) in [4.78, 5) is 10.5.